The zero-order valence-corrected chi connectivity index (χ0v) is 11.9. The summed E-state index contributed by atoms with van der Waals surface area (Å²) in [5.74, 6) is 0.261. The average Bonchev–Trinajstić information content (AvgIpc) is 2.98. The van der Waals surface area contributed by atoms with Crippen molar-refractivity contribution in [2.75, 3.05) is 17.2 Å². The molecule has 0 saturated heterocycles. The highest BCUT2D eigenvalue weighted by atomic mass is 16.5. The van der Waals surface area contributed by atoms with Crippen LogP contribution < -0.4 is 15.4 Å². The van der Waals surface area contributed by atoms with Crippen LogP contribution in [0.1, 0.15) is 18.1 Å². The van der Waals surface area contributed by atoms with Crippen molar-refractivity contribution in [1.82, 2.24) is 14.8 Å². The van der Waals surface area contributed by atoms with E-state index >= 15 is 0 Å². The van der Waals surface area contributed by atoms with E-state index in [1.165, 1.54) is 6.33 Å². The van der Waals surface area contributed by atoms with Gasteiger partial charge in [0.2, 0.25) is 11.9 Å². The number of rotatable bonds is 4. The molecule has 0 aliphatic carbocycles. The highest BCUT2D eigenvalue weighted by Gasteiger charge is 2.31. The predicted molar refractivity (Wildman–Crippen MR) is 78.9 cm³/mol. The van der Waals surface area contributed by atoms with E-state index < -0.39 is 6.04 Å². The van der Waals surface area contributed by atoms with E-state index in [9.17, 15) is 9.59 Å². The van der Waals surface area contributed by atoms with Crippen LogP contribution in [0.5, 0.6) is 5.75 Å². The Morgan fingerprint density at radius 3 is 3.14 bits per heavy atom. The molecule has 0 unspecified atom stereocenters. The fourth-order valence-corrected chi connectivity index (χ4v) is 2.22. The van der Waals surface area contributed by atoms with E-state index in [0.29, 0.717) is 18.0 Å². The van der Waals surface area contributed by atoms with Crippen LogP contribution in [0.15, 0.2) is 30.6 Å². The first-order valence-electron chi connectivity index (χ1n) is 6.91. The number of hydrogen-bond acceptors (Lipinski definition) is 6. The topological polar surface area (TPSA) is 98.1 Å². The fraction of sp³-hybridized carbons (Fsp3) is 0.286. The minimum atomic E-state index is -0.695. The van der Waals surface area contributed by atoms with Gasteiger partial charge >= 0.3 is 0 Å². The number of ether oxygens (including phenoxy) is 1. The van der Waals surface area contributed by atoms with Gasteiger partial charge in [0.05, 0.1) is 18.7 Å². The van der Waals surface area contributed by atoms with Crippen molar-refractivity contribution in [3.05, 3.63) is 30.6 Å². The van der Waals surface area contributed by atoms with Gasteiger partial charge in [0.15, 0.2) is 0 Å². The van der Waals surface area contributed by atoms with Gasteiger partial charge in [-0.15, -0.1) is 0 Å². The van der Waals surface area contributed by atoms with Crippen LogP contribution >= 0.6 is 0 Å². The van der Waals surface area contributed by atoms with E-state index in [0.717, 1.165) is 4.68 Å². The number of carbonyl (C=O) groups excluding carboxylic acids is 2. The summed E-state index contributed by atoms with van der Waals surface area (Å²) in [4.78, 5) is 28.2. The van der Waals surface area contributed by atoms with Crippen LogP contribution in [-0.4, -0.2) is 39.2 Å². The Morgan fingerprint density at radius 1 is 1.50 bits per heavy atom. The molecule has 2 N–H and O–H groups in total. The van der Waals surface area contributed by atoms with Gasteiger partial charge in [-0.25, -0.2) is 0 Å². The van der Waals surface area contributed by atoms with Gasteiger partial charge in [0.25, 0.3) is 5.91 Å². The second kappa shape index (κ2) is 5.84. The summed E-state index contributed by atoms with van der Waals surface area (Å²) in [5.41, 5.74) is 0.565. The van der Waals surface area contributed by atoms with Crippen molar-refractivity contribution in [3.63, 3.8) is 0 Å². The van der Waals surface area contributed by atoms with E-state index in [1.807, 2.05) is 13.0 Å². The number of nitrogens with one attached hydrogen (secondary N) is 2. The van der Waals surface area contributed by atoms with Gasteiger partial charge in [0.1, 0.15) is 18.1 Å². The quantitative estimate of drug-likeness (QED) is 0.878. The lowest BCUT2D eigenvalue weighted by Gasteiger charge is -2.22. The lowest BCUT2D eigenvalue weighted by Crippen LogP contribution is -2.42. The summed E-state index contributed by atoms with van der Waals surface area (Å²) < 4.78 is 6.61. The SMILES string of the molecule is CCOc1ccccc1NC(=O)[C@H]1CC(=O)n2ncnc2N1. The highest BCUT2D eigenvalue weighted by molar-refractivity contribution is 6.01. The first-order valence-corrected chi connectivity index (χ1v) is 6.91. The fourth-order valence-electron chi connectivity index (χ4n) is 2.22. The second-order valence-electron chi connectivity index (χ2n) is 4.71. The minimum absolute atomic E-state index is 0.0129. The van der Waals surface area contributed by atoms with Crippen LogP contribution in [0, 0.1) is 0 Å². The normalized spacial score (nSPS) is 16.6. The third-order valence-corrected chi connectivity index (χ3v) is 3.23. The number of nitrogens with zero attached hydrogens (tertiary/aromatic N) is 3. The molecule has 1 aromatic carbocycles. The molecular weight excluding hydrogens is 286 g/mol. The minimum Gasteiger partial charge on any atom is -0.492 e. The number of aromatic nitrogens is 3. The van der Waals surface area contributed by atoms with E-state index in [2.05, 4.69) is 20.7 Å². The summed E-state index contributed by atoms with van der Waals surface area (Å²) >= 11 is 0. The standard InChI is InChI=1S/C14H15N5O3/c1-2-22-11-6-4-3-5-9(11)17-13(21)10-7-12(20)19-14(18-10)15-8-16-19/h3-6,8,10H,2,7H2,1H3,(H,17,21)(H,15,16,18)/t10-/m1/s1. The molecule has 1 atom stereocenters. The smallest absolute Gasteiger partial charge is 0.252 e. The summed E-state index contributed by atoms with van der Waals surface area (Å²) in [5, 5.41) is 9.46. The van der Waals surface area contributed by atoms with E-state index in [1.54, 1.807) is 18.2 Å². The van der Waals surface area contributed by atoms with Crippen molar-refractivity contribution >= 4 is 23.5 Å². The van der Waals surface area contributed by atoms with Crippen LogP contribution in [0.2, 0.25) is 0 Å². The molecule has 0 saturated carbocycles. The highest BCUT2D eigenvalue weighted by Crippen LogP contribution is 2.24. The predicted octanol–water partition coefficient (Wildman–Crippen LogP) is 1.14. The van der Waals surface area contributed by atoms with Gasteiger partial charge < -0.3 is 15.4 Å². The molecule has 3 rings (SSSR count). The first kappa shape index (κ1) is 14.1. The van der Waals surface area contributed by atoms with E-state index in [4.69, 9.17) is 4.74 Å². The molecule has 2 heterocycles. The number of fused-ring (bicyclic) bond motifs is 1. The van der Waals surface area contributed by atoms with Crippen molar-refractivity contribution in [3.8, 4) is 5.75 Å². The number of amides is 1. The molecule has 1 aromatic heterocycles. The van der Waals surface area contributed by atoms with Gasteiger partial charge in [-0.3, -0.25) is 9.59 Å². The van der Waals surface area contributed by atoms with Crippen LogP contribution in [-0.2, 0) is 4.79 Å². The summed E-state index contributed by atoms with van der Waals surface area (Å²) in [6.07, 6.45) is 1.28. The Morgan fingerprint density at radius 2 is 2.32 bits per heavy atom. The monoisotopic (exact) mass is 301 g/mol. The first-order chi connectivity index (χ1) is 10.7. The van der Waals surface area contributed by atoms with Crippen molar-refractivity contribution < 1.29 is 14.3 Å². The van der Waals surface area contributed by atoms with Crippen molar-refractivity contribution in [1.29, 1.82) is 0 Å². The lowest BCUT2D eigenvalue weighted by atomic mass is 10.1. The second-order valence-corrected chi connectivity index (χ2v) is 4.71. The summed E-state index contributed by atoms with van der Waals surface area (Å²) in [6, 6.07) is 6.45. The Kier molecular flexibility index (Phi) is 3.73. The van der Waals surface area contributed by atoms with Crippen molar-refractivity contribution in [2.24, 2.45) is 0 Å². The largest absolute Gasteiger partial charge is 0.492 e. The molecule has 8 heteroatoms. The Balaban J connectivity index is 1.75. The van der Waals surface area contributed by atoms with Gasteiger partial charge in [-0.2, -0.15) is 14.8 Å². The molecule has 0 spiro atoms. The van der Waals surface area contributed by atoms with Gasteiger partial charge in [-0.05, 0) is 19.1 Å². The maximum atomic E-state index is 12.4. The molecule has 1 aliphatic rings. The molecule has 8 nitrogen and oxygen atoms in total. The van der Waals surface area contributed by atoms with Crippen LogP contribution in [0.3, 0.4) is 0 Å². The third-order valence-electron chi connectivity index (χ3n) is 3.23. The van der Waals surface area contributed by atoms with Crippen LogP contribution in [0.4, 0.5) is 11.6 Å². The molecule has 0 fully saturated rings. The molecular formula is C14H15N5O3. The molecule has 1 amide bonds. The molecule has 114 valence electrons. The molecule has 2 aromatic rings. The van der Waals surface area contributed by atoms with Gasteiger partial charge in [-0.1, -0.05) is 12.1 Å². The molecule has 0 radical (unpaired) electrons. The lowest BCUT2D eigenvalue weighted by molar-refractivity contribution is -0.117. The zero-order chi connectivity index (χ0) is 15.5. The number of para-hydroxylation sites is 2. The maximum Gasteiger partial charge on any atom is 0.252 e. The number of anilines is 2. The van der Waals surface area contributed by atoms with E-state index in [-0.39, 0.29) is 24.2 Å². The van der Waals surface area contributed by atoms with Gasteiger partial charge in [0, 0.05) is 0 Å². The Hall–Kier alpha value is -2.90. The number of benzene rings is 1. The van der Waals surface area contributed by atoms with Crippen molar-refractivity contribution in [2.45, 2.75) is 19.4 Å². The molecule has 0 bridgehead atoms. The zero-order valence-electron chi connectivity index (χ0n) is 11.9. The Labute approximate surface area is 126 Å². The summed E-state index contributed by atoms with van der Waals surface area (Å²) in [6.45, 7) is 2.36. The molecule has 1 aliphatic heterocycles. The average molecular weight is 301 g/mol. The maximum absolute atomic E-state index is 12.4. The summed E-state index contributed by atoms with van der Waals surface area (Å²) in [7, 11) is 0. The number of hydrogen-bond donors (Lipinski definition) is 2. The molecule has 22 heavy (non-hydrogen) atoms. The number of carbonyl (C=O) groups is 2. The third kappa shape index (κ3) is 2.62. The van der Waals surface area contributed by atoms with Crippen LogP contribution in [0.25, 0.3) is 0 Å². The Bertz CT molecular complexity index is 712.